The minimum absolute atomic E-state index is 0.0689. The summed E-state index contributed by atoms with van der Waals surface area (Å²) in [6.45, 7) is 4.55. The number of carbonyl (C=O) groups is 4. The first-order valence-corrected chi connectivity index (χ1v) is 42.1. The fraction of sp³-hybridized carbons (Fsp3) is 0.728. The van der Waals surface area contributed by atoms with E-state index in [4.69, 9.17) is 37.0 Å². The van der Waals surface area contributed by atoms with Gasteiger partial charge in [0.15, 0.2) is 12.2 Å². The molecule has 5 unspecified atom stereocenters. The first-order chi connectivity index (χ1) is 48.7. The standard InChI is InChI=1S/C81H140O17P2/c1-5-9-13-17-21-25-29-33-35-36-37-38-40-44-46-50-54-58-62-66-79(84)92-72-77(98-81(86)68-64-60-56-52-48-42-32-28-24-20-16-12-8-4)74-96-100(89,90)94-70-75(82)69-93-99(87,88)95-73-76(97-80(85)67-63-59-55-51-47-41-31-27-23-19-15-11-7-3)71-91-78(83)65-61-57-53-49-45-43-39-34-30-26-22-18-14-10-6-2/h9-10,13-14,21-22,25-26,33-35,37-39,45,49,57,61,75-77,82H,5-8,11-12,15-20,23-24,27-32,36,40-44,46-48,50-56,58-60,62-74H2,1-4H3,(H,87,88)(H,89,90)/b13-9-,14-10-,25-21-,26-22-,35-33-,38-37-,39-34-,49-45-,61-57-. The van der Waals surface area contributed by atoms with Gasteiger partial charge in [-0.15, -0.1) is 0 Å². The van der Waals surface area contributed by atoms with E-state index in [1.165, 1.54) is 103 Å². The van der Waals surface area contributed by atoms with E-state index >= 15 is 0 Å². The maximum Gasteiger partial charge on any atom is 0.472 e. The Labute approximate surface area is 607 Å². The summed E-state index contributed by atoms with van der Waals surface area (Å²) in [5.74, 6) is -2.32. The van der Waals surface area contributed by atoms with Gasteiger partial charge in [-0.25, -0.2) is 9.13 Å². The van der Waals surface area contributed by atoms with E-state index in [1.54, 1.807) is 6.08 Å². The van der Waals surface area contributed by atoms with Gasteiger partial charge in [-0.3, -0.25) is 37.3 Å². The van der Waals surface area contributed by atoms with Gasteiger partial charge in [-0.05, 0) is 89.9 Å². The summed E-state index contributed by atoms with van der Waals surface area (Å²) in [6, 6.07) is 0. The number of ether oxygens (including phenoxy) is 4. The van der Waals surface area contributed by atoms with Crippen LogP contribution in [-0.2, 0) is 65.4 Å². The molecule has 0 rings (SSSR count). The van der Waals surface area contributed by atoms with Crippen LogP contribution in [0.4, 0.5) is 0 Å². The van der Waals surface area contributed by atoms with Crippen molar-refractivity contribution in [3.63, 3.8) is 0 Å². The van der Waals surface area contributed by atoms with Gasteiger partial charge in [0.05, 0.1) is 32.8 Å². The second kappa shape index (κ2) is 73.0. The van der Waals surface area contributed by atoms with Gasteiger partial charge in [0.2, 0.25) is 0 Å². The molecule has 0 saturated heterocycles. The normalized spacial score (nSPS) is 14.5. The molecule has 0 aromatic rings. The third kappa shape index (κ3) is 72.1. The molecule has 17 nitrogen and oxygen atoms in total. The third-order valence-electron chi connectivity index (χ3n) is 16.3. The molecule has 3 N–H and O–H groups in total. The fourth-order valence-corrected chi connectivity index (χ4v) is 12.0. The van der Waals surface area contributed by atoms with E-state index in [0.717, 1.165) is 141 Å². The Bertz CT molecular complexity index is 2320. The summed E-state index contributed by atoms with van der Waals surface area (Å²) >= 11 is 0. The number of esters is 4. The highest BCUT2D eigenvalue weighted by molar-refractivity contribution is 7.47. The number of allylic oxidation sites excluding steroid dienone is 17. The molecule has 0 saturated carbocycles. The Morgan fingerprint density at radius 3 is 0.890 bits per heavy atom. The summed E-state index contributed by atoms with van der Waals surface area (Å²) in [5, 5.41) is 10.6. The van der Waals surface area contributed by atoms with E-state index < -0.39 is 97.5 Å². The molecule has 0 amide bonds. The molecular weight excluding hydrogens is 1310 g/mol. The number of aliphatic hydroxyl groups excluding tert-OH is 1. The predicted octanol–water partition coefficient (Wildman–Crippen LogP) is 22.6. The molecule has 0 heterocycles. The van der Waals surface area contributed by atoms with Crippen molar-refractivity contribution in [2.45, 2.75) is 341 Å². The van der Waals surface area contributed by atoms with Crippen molar-refractivity contribution in [3.05, 3.63) is 109 Å². The van der Waals surface area contributed by atoms with Gasteiger partial charge < -0.3 is 33.8 Å². The van der Waals surface area contributed by atoms with Crippen LogP contribution in [0.15, 0.2) is 109 Å². The van der Waals surface area contributed by atoms with Crippen LogP contribution in [-0.4, -0.2) is 96.7 Å². The molecule has 0 radical (unpaired) electrons. The molecule has 5 atom stereocenters. The van der Waals surface area contributed by atoms with Gasteiger partial charge >= 0.3 is 39.5 Å². The lowest BCUT2D eigenvalue weighted by Crippen LogP contribution is -2.30. The molecule has 0 aliphatic rings. The molecule has 0 aromatic carbocycles. The molecular formula is C81H140O17P2. The van der Waals surface area contributed by atoms with Gasteiger partial charge in [-0.1, -0.05) is 317 Å². The Kier molecular flexibility index (Phi) is 69.9. The summed E-state index contributed by atoms with van der Waals surface area (Å²) in [5.41, 5.74) is 0. The first-order valence-electron chi connectivity index (χ1n) is 39.1. The number of phosphoric ester groups is 2. The van der Waals surface area contributed by atoms with E-state index in [9.17, 15) is 43.2 Å². The zero-order valence-corrected chi connectivity index (χ0v) is 64.6. The Balaban J connectivity index is 5.38. The van der Waals surface area contributed by atoms with Crippen molar-refractivity contribution in [2.75, 3.05) is 39.6 Å². The minimum Gasteiger partial charge on any atom is -0.462 e. The molecule has 0 bridgehead atoms. The van der Waals surface area contributed by atoms with E-state index in [0.29, 0.717) is 25.7 Å². The van der Waals surface area contributed by atoms with Crippen molar-refractivity contribution in [1.82, 2.24) is 0 Å². The second-order valence-corrected chi connectivity index (χ2v) is 28.8. The summed E-state index contributed by atoms with van der Waals surface area (Å²) in [7, 11) is -9.97. The number of carbonyl (C=O) groups excluding carboxylic acids is 4. The summed E-state index contributed by atoms with van der Waals surface area (Å²) < 4.78 is 68.4. The molecule has 0 aliphatic heterocycles. The van der Waals surface area contributed by atoms with Crippen molar-refractivity contribution in [2.24, 2.45) is 0 Å². The summed E-state index contributed by atoms with van der Waals surface area (Å²) in [4.78, 5) is 72.8. The molecule has 19 heteroatoms. The van der Waals surface area contributed by atoms with Crippen LogP contribution in [0.5, 0.6) is 0 Å². The highest BCUT2D eigenvalue weighted by Gasteiger charge is 2.30. The zero-order valence-electron chi connectivity index (χ0n) is 62.8. The molecule has 0 fully saturated rings. The van der Waals surface area contributed by atoms with Gasteiger partial charge in [0.1, 0.15) is 19.3 Å². The highest BCUT2D eigenvalue weighted by atomic mass is 31.2. The van der Waals surface area contributed by atoms with E-state index in [1.807, 2.05) is 18.2 Å². The number of unbranched alkanes of at least 4 members (excludes halogenated alkanes) is 30. The van der Waals surface area contributed by atoms with Crippen LogP contribution in [0.1, 0.15) is 323 Å². The van der Waals surface area contributed by atoms with Crippen LogP contribution in [0.2, 0.25) is 0 Å². The number of rotatable bonds is 73. The second-order valence-electron chi connectivity index (χ2n) is 25.9. The lowest BCUT2D eigenvalue weighted by atomic mass is 10.0. The molecule has 0 aliphatic carbocycles. The SMILES string of the molecule is CC/C=C\C/C=C\C/C=C\C/C=C\C/C=C\CC(=O)OCC(COP(=O)(O)OCC(O)COP(=O)(O)OCC(COC(=O)CCCCCCCC/C=C\C/C=C\C/C=C\C/C=C\CC)OC(=O)CCCCCCCCCCCCCCC)OC(=O)CCCCCCCCCCCCCCC. The topological polar surface area (TPSA) is 237 Å². The van der Waals surface area contributed by atoms with Crippen molar-refractivity contribution in [3.8, 4) is 0 Å². The van der Waals surface area contributed by atoms with E-state index in [2.05, 4.69) is 113 Å². The first kappa shape index (κ1) is 95.7. The van der Waals surface area contributed by atoms with Crippen molar-refractivity contribution < 1.29 is 80.2 Å². The molecule has 0 spiro atoms. The van der Waals surface area contributed by atoms with Crippen molar-refractivity contribution >= 4 is 39.5 Å². The molecule has 576 valence electrons. The predicted molar refractivity (Wildman–Crippen MR) is 408 cm³/mol. The number of aliphatic hydroxyl groups is 1. The summed E-state index contributed by atoms with van der Waals surface area (Å²) in [6.07, 6.45) is 78.2. The van der Waals surface area contributed by atoms with E-state index in [-0.39, 0.29) is 25.7 Å². The fourth-order valence-electron chi connectivity index (χ4n) is 10.4. The van der Waals surface area contributed by atoms with Crippen LogP contribution >= 0.6 is 15.6 Å². The maximum atomic E-state index is 13.1. The van der Waals surface area contributed by atoms with Crippen LogP contribution in [0.25, 0.3) is 0 Å². The largest absolute Gasteiger partial charge is 0.472 e. The van der Waals surface area contributed by atoms with Gasteiger partial charge in [-0.2, -0.15) is 0 Å². The minimum atomic E-state index is -4.99. The maximum absolute atomic E-state index is 13.1. The van der Waals surface area contributed by atoms with Crippen molar-refractivity contribution in [1.29, 1.82) is 0 Å². The molecule has 0 aromatic heterocycles. The monoisotopic (exact) mass is 1450 g/mol. The van der Waals surface area contributed by atoms with Crippen LogP contribution < -0.4 is 0 Å². The van der Waals surface area contributed by atoms with Gasteiger partial charge in [0.25, 0.3) is 0 Å². The smallest absolute Gasteiger partial charge is 0.462 e. The molecule has 100 heavy (non-hydrogen) atoms. The highest BCUT2D eigenvalue weighted by Crippen LogP contribution is 2.45. The Morgan fingerprint density at radius 2 is 0.560 bits per heavy atom. The van der Waals surface area contributed by atoms with Crippen LogP contribution in [0.3, 0.4) is 0 Å². The average Bonchev–Trinajstić information content (AvgIpc) is 0.936. The Morgan fingerprint density at radius 1 is 0.300 bits per heavy atom. The Hall–Kier alpha value is -4.28. The zero-order chi connectivity index (χ0) is 73.2. The number of hydrogen-bond donors (Lipinski definition) is 3. The lowest BCUT2D eigenvalue weighted by Gasteiger charge is -2.21. The number of phosphoric acid groups is 2. The lowest BCUT2D eigenvalue weighted by molar-refractivity contribution is -0.161. The number of hydrogen-bond acceptors (Lipinski definition) is 15. The quantitative estimate of drug-likeness (QED) is 0.0169. The third-order valence-corrected chi connectivity index (χ3v) is 18.2. The van der Waals surface area contributed by atoms with Gasteiger partial charge in [0, 0.05) is 19.3 Å². The van der Waals surface area contributed by atoms with Crippen LogP contribution in [0, 0.1) is 0 Å². The average molecular weight is 1450 g/mol.